The quantitative estimate of drug-likeness (QED) is 0.713. The molecule has 0 aromatic heterocycles. The highest BCUT2D eigenvalue weighted by atomic mass is 79.9. The lowest BCUT2D eigenvalue weighted by Gasteiger charge is -2.14. The smallest absolute Gasteiger partial charge is 0.449 e. The molecule has 0 radical (unpaired) electrons. The molecule has 0 amide bonds. The van der Waals surface area contributed by atoms with Crippen LogP contribution in [0.25, 0.3) is 0 Å². The molecule has 0 aliphatic carbocycles. The van der Waals surface area contributed by atoms with Gasteiger partial charge < -0.3 is 12.9 Å². The average molecular weight is 272 g/mol. The largest absolute Gasteiger partial charge is 0.482 e. The number of benzene rings is 1. The Morgan fingerprint density at radius 2 is 1.92 bits per heavy atom. The van der Waals surface area contributed by atoms with Gasteiger partial charge in [-0.1, -0.05) is 35.6 Å². The molecule has 0 fully saturated rings. The number of rotatable bonds is 2. The summed E-state index contributed by atoms with van der Waals surface area (Å²) in [4.78, 5) is 0. The first-order chi connectivity index (χ1) is 5.90. The number of hydrogen-bond acceptors (Lipinski definition) is 0. The van der Waals surface area contributed by atoms with Crippen LogP contribution in [0, 0.1) is 0 Å². The zero-order valence-electron chi connectivity index (χ0n) is 6.41. The molecule has 0 bridgehead atoms. The van der Waals surface area contributed by atoms with Crippen LogP contribution in [0.4, 0.5) is 12.9 Å². The van der Waals surface area contributed by atoms with Gasteiger partial charge in [0.15, 0.2) is 0 Å². The van der Waals surface area contributed by atoms with Crippen molar-refractivity contribution in [2.45, 2.75) is 6.32 Å². The van der Waals surface area contributed by atoms with Gasteiger partial charge in [-0.2, -0.15) is 0 Å². The fourth-order valence-corrected chi connectivity index (χ4v) is 1.57. The van der Waals surface area contributed by atoms with E-state index in [0.29, 0.717) is 4.47 Å². The second-order valence-electron chi connectivity index (χ2n) is 2.63. The third-order valence-electron chi connectivity index (χ3n) is 1.48. The Labute approximate surface area is 87.3 Å². The van der Waals surface area contributed by atoms with E-state index in [1.54, 1.807) is 6.07 Å². The van der Waals surface area contributed by atoms with Gasteiger partial charge in [-0.25, -0.2) is 0 Å². The first-order valence-corrected chi connectivity index (χ1v) is 4.71. The zero-order valence-corrected chi connectivity index (χ0v) is 8.75. The molecule has 1 rings (SSSR count). The van der Waals surface area contributed by atoms with Crippen molar-refractivity contribution in [1.82, 2.24) is 0 Å². The van der Waals surface area contributed by atoms with E-state index in [-0.39, 0.29) is 10.6 Å². The van der Waals surface area contributed by atoms with Crippen LogP contribution in [0.15, 0.2) is 22.7 Å². The minimum Gasteiger partial charge on any atom is -0.449 e. The molecule has 0 heterocycles. The van der Waals surface area contributed by atoms with Gasteiger partial charge in [-0.15, -0.1) is 0 Å². The second kappa shape index (κ2) is 3.92. The monoisotopic (exact) mass is 271 g/mol. The minimum absolute atomic E-state index is 0.114. The van der Waals surface area contributed by atoms with E-state index in [1.807, 2.05) is 0 Å². The Morgan fingerprint density at radius 3 is 2.46 bits per heavy atom. The maximum Gasteiger partial charge on any atom is 0.482 e. The summed E-state index contributed by atoms with van der Waals surface area (Å²) < 4.78 is 36.6. The summed E-state index contributed by atoms with van der Waals surface area (Å²) in [5.41, 5.74) is 0.114. The Morgan fingerprint density at radius 1 is 1.31 bits per heavy atom. The Bertz CT molecular complexity index is 313. The molecule has 0 saturated carbocycles. The van der Waals surface area contributed by atoms with E-state index in [4.69, 9.17) is 11.6 Å². The van der Waals surface area contributed by atoms with Crippen molar-refractivity contribution in [3.05, 3.63) is 33.3 Å². The maximum atomic E-state index is 12.0. The van der Waals surface area contributed by atoms with Gasteiger partial charge >= 0.3 is 6.98 Å². The van der Waals surface area contributed by atoms with E-state index in [9.17, 15) is 12.9 Å². The van der Waals surface area contributed by atoms with Crippen LogP contribution < -0.4 is 0 Å². The predicted molar refractivity (Wildman–Crippen MR) is 51.9 cm³/mol. The minimum atomic E-state index is -4.82. The Hall–Kier alpha value is -0.155. The molecule has 0 aliphatic rings. The molecule has 0 aliphatic heterocycles. The number of hydrogen-bond donors (Lipinski definition) is 0. The summed E-state index contributed by atoms with van der Waals surface area (Å²) in [6.07, 6.45) is -0.932. The van der Waals surface area contributed by atoms with Gasteiger partial charge in [-0.05, 0) is 22.0 Å². The fourth-order valence-electron chi connectivity index (χ4n) is 0.955. The molecule has 0 saturated heterocycles. The average Bonchev–Trinajstić information content (AvgIpc) is 1.96. The van der Waals surface area contributed by atoms with Crippen LogP contribution in [0.2, 0.25) is 5.02 Å². The lowest BCUT2D eigenvalue weighted by molar-refractivity contribution is 0.468. The molecular formula is C7H5BBrClF3-. The molecule has 0 N–H and O–H groups in total. The molecule has 13 heavy (non-hydrogen) atoms. The van der Waals surface area contributed by atoms with Crippen molar-refractivity contribution in [2.24, 2.45) is 0 Å². The van der Waals surface area contributed by atoms with Gasteiger partial charge in [0.05, 0.1) is 5.02 Å². The summed E-state index contributed by atoms with van der Waals surface area (Å²) >= 11 is 8.72. The summed E-state index contributed by atoms with van der Waals surface area (Å²) in [6, 6.07) is 4.52. The van der Waals surface area contributed by atoms with E-state index in [0.717, 1.165) is 0 Å². The maximum absolute atomic E-state index is 12.0. The SMILES string of the molecule is F[B-](F)(F)Cc1cccc(Br)c1Cl. The normalized spacial score (nSPS) is 11.8. The van der Waals surface area contributed by atoms with Gasteiger partial charge in [0.25, 0.3) is 0 Å². The van der Waals surface area contributed by atoms with Crippen LogP contribution in [0.1, 0.15) is 5.56 Å². The Kier molecular flexibility index (Phi) is 3.30. The lowest BCUT2D eigenvalue weighted by Crippen LogP contribution is -2.19. The molecule has 1 aromatic rings. The topological polar surface area (TPSA) is 0 Å². The highest BCUT2D eigenvalue weighted by Crippen LogP contribution is 2.29. The fraction of sp³-hybridized carbons (Fsp3) is 0.143. The summed E-state index contributed by atoms with van der Waals surface area (Å²) in [6.45, 7) is -4.82. The van der Waals surface area contributed by atoms with Crippen molar-refractivity contribution in [3.63, 3.8) is 0 Å². The van der Waals surface area contributed by atoms with Crippen molar-refractivity contribution >= 4 is 34.5 Å². The summed E-state index contributed by atoms with van der Waals surface area (Å²) in [7, 11) is 0. The van der Waals surface area contributed by atoms with Crippen LogP contribution in [-0.4, -0.2) is 6.98 Å². The first kappa shape index (κ1) is 10.9. The van der Waals surface area contributed by atoms with Gasteiger partial charge in [0.1, 0.15) is 0 Å². The van der Waals surface area contributed by atoms with E-state index in [1.165, 1.54) is 12.1 Å². The van der Waals surface area contributed by atoms with Crippen LogP contribution >= 0.6 is 27.5 Å². The molecule has 1 aromatic carbocycles. The van der Waals surface area contributed by atoms with Crippen molar-refractivity contribution in [1.29, 1.82) is 0 Å². The third kappa shape index (κ3) is 3.23. The second-order valence-corrected chi connectivity index (χ2v) is 3.86. The third-order valence-corrected chi connectivity index (χ3v) is 2.82. The Balaban J connectivity index is 2.96. The molecule has 0 unspecified atom stereocenters. The van der Waals surface area contributed by atoms with Gasteiger partial charge in [0.2, 0.25) is 0 Å². The molecule has 0 spiro atoms. The predicted octanol–water partition coefficient (Wildman–Crippen LogP) is 4.03. The van der Waals surface area contributed by atoms with Crippen LogP contribution in [0.5, 0.6) is 0 Å². The molecule has 0 atom stereocenters. The highest BCUT2D eigenvalue weighted by Gasteiger charge is 2.24. The molecule has 0 nitrogen and oxygen atoms in total. The van der Waals surface area contributed by atoms with Gasteiger partial charge in [0, 0.05) is 4.47 Å². The standard InChI is InChI=1S/C7H5BBrClF3/c9-6-3-1-2-5(7(6)10)4-8(11,12)13/h1-3H,4H2/q-1. The summed E-state index contributed by atoms with van der Waals surface area (Å²) in [5.74, 6) is 0. The zero-order chi connectivity index (χ0) is 10.1. The number of halogens is 5. The molecule has 72 valence electrons. The van der Waals surface area contributed by atoms with E-state index >= 15 is 0 Å². The highest BCUT2D eigenvalue weighted by molar-refractivity contribution is 9.10. The van der Waals surface area contributed by atoms with Crippen LogP contribution in [0.3, 0.4) is 0 Å². The van der Waals surface area contributed by atoms with Crippen LogP contribution in [-0.2, 0) is 6.32 Å². The first-order valence-electron chi connectivity index (χ1n) is 3.54. The van der Waals surface area contributed by atoms with E-state index in [2.05, 4.69) is 15.9 Å². The van der Waals surface area contributed by atoms with E-state index < -0.39 is 13.3 Å². The van der Waals surface area contributed by atoms with Gasteiger partial charge in [-0.3, -0.25) is 0 Å². The van der Waals surface area contributed by atoms with Crippen molar-refractivity contribution in [2.75, 3.05) is 0 Å². The lowest BCUT2D eigenvalue weighted by atomic mass is 9.82. The van der Waals surface area contributed by atoms with Crippen molar-refractivity contribution < 1.29 is 12.9 Å². The van der Waals surface area contributed by atoms with Crippen molar-refractivity contribution in [3.8, 4) is 0 Å². The molecular weight excluding hydrogens is 267 g/mol. The molecule has 6 heteroatoms. The summed E-state index contributed by atoms with van der Waals surface area (Å²) in [5, 5.41) is 0.140.